The number of hydrogen-bond acceptors (Lipinski definition) is 8. The van der Waals surface area contributed by atoms with Gasteiger partial charge in [0.2, 0.25) is 0 Å². The lowest BCUT2D eigenvalue weighted by Crippen LogP contribution is -2.12. The van der Waals surface area contributed by atoms with Gasteiger partial charge in [-0.15, -0.1) is 0 Å². The Balaban J connectivity index is 1.01. The molecule has 0 bridgehead atoms. The second-order valence-corrected chi connectivity index (χ2v) is 15.2. The van der Waals surface area contributed by atoms with Crippen molar-refractivity contribution in [3.05, 3.63) is 166 Å². The number of carbonyl (C=O) groups is 4. The fraction of sp³-hybridized carbons (Fsp3) is 0.269. The van der Waals surface area contributed by atoms with Crippen LogP contribution < -0.4 is 18.9 Å². The number of carbonyl (C=O) groups excluding carboxylic acids is 4. The third kappa shape index (κ3) is 12.7. The Bertz CT molecular complexity index is 2330. The van der Waals surface area contributed by atoms with E-state index in [2.05, 4.69) is 13.8 Å². The highest BCUT2D eigenvalue weighted by atomic mass is 19.1. The summed E-state index contributed by atoms with van der Waals surface area (Å²) in [5.74, 6) is -5.39. The SMILES string of the molecule is CCCCCCCc1ccc(C(=O)Oc2ccc(C(=O)Oc3ccc4ccc(OC(=O)c5ccc(OC(=O)c6ccc(CCCCCCC)cc6)c(F)c5)cc4c3)cc2F)cc1. The molecule has 0 saturated carbocycles. The van der Waals surface area contributed by atoms with Gasteiger partial charge in [-0.1, -0.05) is 102 Å². The molecule has 0 aliphatic carbocycles. The summed E-state index contributed by atoms with van der Waals surface area (Å²) in [4.78, 5) is 51.5. The predicted molar refractivity (Wildman–Crippen MR) is 234 cm³/mol. The summed E-state index contributed by atoms with van der Waals surface area (Å²) >= 11 is 0. The molecular formula is C52H50F2O8. The van der Waals surface area contributed by atoms with Crippen LogP contribution in [0.5, 0.6) is 23.0 Å². The highest BCUT2D eigenvalue weighted by Crippen LogP contribution is 2.28. The molecule has 0 heterocycles. The molecule has 320 valence electrons. The number of halogens is 2. The van der Waals surface area contributed by atoms with E-state index in [-0.39, 0.29) is 45.3 Å². The number of ether oxygens (including phenoxy) is 4. The van der Waals surface area contributed by atoms with Crippen LogP contribution in [-0.4, -0.2) is 23.9 Å². The number of benzene rings is 6. The molecule has 0 radical (unpaired) electrons. The van der Waals surface area contributed by atoms with Crippen molar-refractivity contribution in [1.82, 2.24) is 0 Å². The third-order valence-electron chi connectivity index (χ3n) is 10.5. The van der Waals surface area contributed by atoms with Gasteiger partial charge in [-0.2, -0.15) is 0 Å². The quantitative estimate of drug-likeness (QED) is 0.0425. The van der Waals surface area contributed by atoms with Gasteiger partial charge in [0, 0.05) is 0 Å². The van der Waals surface area contributed by atoms with Gasteiger partial charge in [0.05, 0.1) is 22.3 Å². The van der Waals surface area contributed by atoms with Crippen LogP contribution in [0.15, 0.2) is 121 Å². The predicted octanol–water partition coefficient (Wildman–Crippen LogP) is 13.0. The Labute approximate surface area is 360 Å². The highest BCUT2D eigenvalue weighted by Gasteiger charge is 2.19. The van der Waals surface area contributed by atoms with Gasteiger partial charge in [0.25, 0.3) is 0 Å². The van der Waals surface area contributed by atoms with Gasteiger partial charge in [0.1, 0.15) is 11.5 Å². The number of rotatable bonds is 20. The first-order valence-corrected chi connectivity index (χ1v) is 21.3. The molecule has 6 aromatic carbocycles. The molecule has 0 amide bonds. The zero-order chi connectivity index (χ0) is 43.8. The topological polar surface area (TPSA) is 105 Å². The lowest BCUT2D eigenvalue weighted by atomic mass is 10.0. The molecule has 0 aliphatic rings. The summed E-state index contributed by atoms with van der Waals surface area (Å²) in [5, 5.41) is 1.27. The molecule has 0 aliphatic heterocycles. The Hall–Kier alpha value is -6.68. The Kier molecular flexibility index (Phi) is 16.1. The lowest BCUT2D eigenvalue weighted by molar-refractivity contribution is 0.0714. The van der Waals surface area contributed by atoms with Crippen molar-refractivity contribution in [2.75, 3.05) is 0 Å². The van der Waals surface area contributed by atoms with Crippen molar-refractivity contribution in [3.8, 4) is 23.0 Å². The molecule has 0 spiro atoms. The maximum absolute atomic E-state index is 15.0. The second-order valence-electron chi connectivity index (χ2n) is 15.2. The molecule has 10 heteroatoms. The van der Waals surface area contributed by atoms with E-state index < -0.39 is 35.5 Å². The number of fused-ring (bicyclic) bond motifs is 1. The molecule has 0 saturated heterocycles. The number of hydrogen-bond donors (Lipinski definition) is 0. The summed E-state index contributed by atoms with van der Waals surface area (Å²) < 4.78 is 51.7. The van der Waals surface area contributed by atoms with Crippen molar-refractivity contribution in [2.45, 2.75) is 90.9 Å². The molecule has 62 heavy (non-hydrogen) atoms. The average molecular weight is 841 g/mol. The van der Waals surface area contributed by atoms with Gasteiger partial charge in [0.15, 0.2) is 23.1 Å². The summed E-state index contributed by atoms with van der Waals surface area (Å²) in [6.45, 7) is 4.35. The van der Waals surface area contributed by atoms with Gasteiger partial charge in [-0.05, 0) is 133 Å². The zero-order valence-electron chi connectivity index (χ0n) is 35.1. The van der Waals surface area contributed by atoms with E-state index in [0.717, 1.165) is 67.2 Å². The van der Waals surface area contributed by atoms with Crippen LogP contribution in [0.2, 0.25) is 0 Å². The van der Waals surface area contributed by atoms with Gasteiger partial charge in [-0.3, -0.25) is 0 Å². The first-order valence-electron chi connectivity index (χ1n) is 21.3. The van der Waals surface area contributed by atoms with E-state index in [4.69, 9.17) is 18.9 Å². The summed E-state index contributed by atoms with van der Waals surface area (Å²) in [6, 6.07) is 30.5. The summed E-state index contributed by atoms with van der Waals surface area (Å²) in [5.41, 5.74) is 2.55. The minimum Gasteiger partial charge on any atom is -0.423 e. The number of aryl methyl sites for hydroxylation is 2. The fourth-order valence-corrected chi connectivity index (χ4v) is 6.88. The van der Waals surface area contributed by atoms with Gasteiger partial charge in [-0.25, -0.2) is 28.0 Å². The minimum atomic E-state index is -0.916. The maximum Gasteiger partial charge on any atom is 0.343 e. The van der Waals surface area contributed by atoms with E-state index in [1.165, 1.54) is 62.8 Å². The minimum absolute atomic E-state index is 0.112. The van der Waals surface area contributed by atoms with Gasteiger partial charge >= 0.3 is 23.9 Å². The van der Waals surface area contributed by atoms with E-state index >= 15 is 8.78 Å². The Morgan fingerprint density at radius 3 is 1.15 bits per heavy atom. The van der Waals surface area contributed by atoms with Crippen LogP contribution in [0.25, 0.3) is 10.8 Å². The van der Waals surface area contributed by atoms with Crippen LogP contribution in [0.3, 0.4) is 0 Å². The van der Waals surface area contributed by atoms with Crippen molar-refractivity contribution in [1.29, 1.82) is 0 Å². The van der Waals surface area contributed by atoms with Crippen molar-refractivity contribution in [3.63, 3.8) is 0 Å². The smallest absolute Gasteiger partial charge is 0.343 e. The molecule has 6 aromatic rings. The maximum atomic E-state index is 15.0. The number of esters is 4. The van der Waals surface area contributed by atoms with Gasteiger partial charge < -0.3 is 18.9 Å². The second kappa shape index (κ2) is 22.2. The fourth-order valence-electron chi connectivity index (χ4n) is 6.88. The third-order valence-corrected chi connectivity index (χ3v) is 10.5. The van der Waals surface area contributed by atoms with E-state index in [0.29, 0.717) is 5.39 Å². The Morgan fingerprint density at radius 1 is 0.387 bits per heavy atom. The van der Waals surface area contributed by atoms with Crippen molar-refractivity contribution in [2.24, 2.45) is 0 Å². The molecule has 8 nitrogen and oxygen atoms in total. The van der Waals surface area contributed by atoms with Crippen LogP contribution in [0.1, 0.15) is 131 Å². The van der Waals surface area contributed by atoms with E-state index in [9.17, 15) is 19.2 Å². The first-order chi connectivity index (χ1) is 30.1. The normalized spacial score (nSPS) is 11.0. The largest absolute Gasteiger partial charge is 0.423 e. The molecule has 6 rings (SSSR count). The average Bonchev–Trinajstić information content (AvgIpc) is 3.27. The van der Waals surface area contributed by atoms with Crippen LogP contribution >= 0.6 is 0 Å². The summed E-state index contributed by atoms with van der Waals surface area (Å²) in [6.07, 6.45) is 13.5. The monoisotopic (exact) mass is 840 g/mol. The van der Waals surface area contributed by atoms with E-state index in [1.54, 1.807) is 60.7 Å². The van der Waals surface area contributed by atoms with Crippen molar-refractivity contribution >= 4 is 34.6 Å². The highest BCUT2D eigenvalue weighted by molar-refractivity contribution is 5.95. The molecular weight excluding hydrogens is 791 g/mol. The molecule has 0 N–H and O–H groups in total. The van der Waals surface area contributed by atoms with Crippen LogP contribution in [0.4, 0.5) is 8.78 Å². The van der Waals surface area contributed by atoms with E-state index in [1.807, 2.05) is 24.3 Å². The molecule has 0 fully saturated rings. The molecule has 0 aromatic heterocycles. The Morgan fingerprint density at radius 2 is 0.758 bits per heavy atom. The van der Waals surface area contributed by atoms with Crippen LogP contribution in [0, 0.1) is 11.6 Å². The van der Waals surface area contributed by atoms with Crippen molar-refractivity contribution < 1.29 is 46.9 Å². The summed E-state index contributed by atoms with van der Waals surface area (Å²) in [7, 11) is 0. The molecule has 0 atom stereocenters. The lowest BCUT2D eigenvalue weighted by Gasteiger charge is -2.10. The van der Waals surface area contributed by atoms with Crippen LogP contribution in [-0.2, 0) is 12.8 Å². The number of unbranched alkanes of at least 4 members (excludes halogenated alkanes) is 8. The standard InChI is InChI=1S/C52H50F2O8/c1-3-5-7-9-11-13-35-15-19-38(20-16-35)49(55)61-47-29-25-40(33-45(47)53)51(57)59-43-27-23-37-24-28-44(32-42(37)31-43)60-52(58)41-26-30-48(46(54)34-41)62-50(56)39-21-17-36(18-22-39)14-12-10-8-6-4-2/h15-34H,3-14H2,1-2H3. The first kappa shape index (κ1) is 44.9. The zero-order valence-corrected chi connectivity index (χ0v) is 35.1. The molecule has 0 unspecified atom stereocenters.